The summed E-state index contributed by atoms with van der Waals surface area (Å²) < 4.78 is 0. The first kappa shape index (κ1) is 20.6. The van der Waals surface area contributed by atoms with E-state index in [9.17, 15) is 19.5 Å². The topological polar surface area (TPSA) is 99.6 Å². The minimum Gasteiger partial charge on any atom is -0.465 e. The van der Waals surface area contributed by atoms with Gasteiger partial charge in [-0.3, -0.25) is 14.5 Å². The molecular formula is C19H23N3O4S. The molecule has 2 N–H and O–H groups in total. The molecule has 27 heavy (non-hydrogen) atoms. The van der Waals surface area contributed by atoms with Crippen LogP contribution in [0.2, 0.25) is 0 Å². The number of aromatic nitrogens is 1. The first-order chi connectivity index (χ1) is 12.6. The number of thiazole rings is 1. The third-order valence-electron chi connectivity index (χ3n) is 3.82. The van der Waals surface area contributed by atoms with Crippen molar-refractivity contribution in [1.29, 1.82) is 0 Å². The molecule has 2 amide bonds. The van der Waals surface area contributed by atoms with Gasteiger partial charge in [0.2, 0.25) is 5.91 Å². The average molecular weight is 389 g/mol. The normalized spacial score (nSPS) is 11.1. The monoisotopic (exact) mass is 389 g/mol. The number of hydrogen-bond acceptors (Lipinski definition) is 5. The van der Waals surface area contributed by atoms with Gasteiger partial charge in [-0.15, -0.1) is 0 Å². The molecule has 0 atom stereocenters. The zero-order chi connectivity index (χ0) is 20.2. The Kier molecular flexibility index (Phi) is 6.32. The number of nitrogens with one attached hydrogen (secondary N) is 1. The van der Waals surface area contributed by atoms with Gasteiger partial charge in [-0.2, -0.15) is 0 Å². The number of hydrogen-bond donors (Lipinski definition) is 2. The van der Waals surface area contributed by atoms with Crippen LogP contribution in [0.5, 0.6) is 0 Å². The molecule has 0 saturated heterocycles. The van der Waals surface area contributed by atoms with Gasteiger partial charge in [-0.1, -0.05) is 23.5 Å². The van der Waals surface area contributed by atoms with E-state index in [-0.39, 0.29) is 5.91 Å². The molecular weight excluding hydrogens is 366 g/mol. The Labute approximate surface area is 162 Å². The molecule has 144 valence electrons. The van der Waals surface area contributed by atoms with Crippen LogP contribution in [0.15, 0.2) is 24.3 Å². The second-order valence-electron chi connectivity index (χ2n) is 7.08. The Bertz CT molecular complexity index is 838. The summed E-state index contributed by atoms with van der Waals surface area (Å²) in [5.41, 5.74) is 1.70. The third-order valence-corrected chi connectivity index (χ3v) is 4.76. The van der Waals surface area contributed by atoms with Crippen molar-refractivity contribution in [2.24, 2.45) is 0 Å². The van der Waals surface area contributed by atoms with Gasteiger partial charge < -0.3 is 10.4 Å². The third kappa shape index (κ3) is 5.37. The highest BCUT2D eigenvalue weighted by atomic mass is 32.1. The fourth-order valence-corrected chi connectivity index (χ4v) is 3.57. The zero-order valence-corrected chi connectivity index (χ0v) is 16.6. The van der Waals surface area contributed by atoms with Crippen LogP contribution in [0.3, 0.4) is 0 Å². The number of rotatable bonds is 6. The van der Waals surface area contributed by atoms with Gasteiger partial charge >= 0.3 is 6.09 Å². The fourth-order valence-electron chi connectivity index (χ4n) is 2.70. The van der Waals surface area contributed by atoms with E-state index in [0.717, 1.165) is 23.2 Å². The zero-order valence-electron chi connectivity index (χ0n) is 15.8. The summed E-state index contributed by atoms with van der Waals surface area (Å²) in [5.74, 6) is -0.231. The van der Waals surface area contributed by atoms with Crippen molar-refractivity contribution in [3.05, 3.63) is 40.4 Å². The maximum absolute atomic E-state index is 11.5. The van der Waals surface area contributed by atoms with E-state index < -0.39 is 11.6 Å². The summed E-state index contributed by atoms with van der Waals surface area (Å²) in [6.45, 7) is 6.90. The minimum absolute atomic E-state index is 0.231. The van der Waals surface area contributed by atoms with Crippen molar-refractivity contribution in [1.82, 2.24) is 4.98 Å². The van der Waals surface area contributed by atoms with E-state index in [1.54, 1.807) is 12.1 Å². The molecule has 8 heteroatoms. The lowest BCUT2D eigenvalue weighted by Gasteiger charge is -2.33. The van der Waals surface area contributed by atoms with Gasteiger partial charge in [-0.05, 0) is 51.3 Å². The molecule has 1 heterocycles. The van der Waals surface area contributed by atoms with Crippen LogP contribution in [-0.2, 0) is 17.6 Å². The van der Waals surface area contributed by atoms with Gasteiger partial charge in [0, 0.05) is 18.2 Å². The number of carbonyl (C=O) groups excluding carboxylic acids is 2. The van der Waals surface area contributed by atoms with E-state index in [1.165, 1.54) is 11.8 Å². The SMILES string of the molecule is CC(=O)Nc1nc(CCc2ccc(N(C(=O)O)C(C)(C)C)cc2)c(C=O)s1. The van der Waals surface area contributed by atoms with Crippen molar-refractivity contribution in [3.63, 3.8) is 0 Å². The number of nitrogens with zero attached hydrogens (tertiary/aromatic N) is 2. The first-order valence-corrected chi connectivity index (χ1v) is 9.28. The summed E-state index contributed by atoms with van der Waals surface area (Å²) in [4.78, 5) is 40.0. The van der Waals surface area contributed by atoms with Crippen LogP contribution in [-0.4, -0.2) is 33.9 Å². The summed E-state index contributed by atoms with van der Waals surface area (Å²) in [6.07, 6.45) is 0.937. The van der Waals surface area contributed by atoms with E-state index in [1.807, 2.05) is 32.9 Å². The fraction of sp³-hybridized carbons (Fsp3) is 0.368. The number of benzene rings is 1. The molecule has 1 aromatic heterocycles. The smallest absolute Gasteiger partial charge is 0.412 e. The molecule has 0 saturated carbocycles. The van der Waals surface area contributed by atoms with E-state index in [2.05, 4.69) is 10.3 Å². The second-order valence-corrected chi connectivity index (χ2v) is 8.11. The molecule has 0 aliphatic rings. The maximum atomic E-state index is 11.5. The van der Waals surface area contributed by atoms with Gasteiger partial charge in [0.15, 0.2) is 11.4 Å². The molecule has 7 nitrogen and oxygen atoms in total. The molecule has 0 aliphatic carbocycles. The number of anilines is 2. The number of carboxylic acid groups (broad SMARTS) is 1. The molecule has 2 aromatic rings. The molecule has 1 aromatic carbocycles. The highest BCUT2D eigenvalue weighted by molar-refractivity contribution is 7.17. The van der Waals surface area contributed by atoms with E-state index >= 15 is 0 Å². The minimum atomic E-state index is -1.00. The molecule has 0 fully saturated rings. The van der Waals surface area contributed by atoms with Crippen LogP contribution in [0.4, 0.5) is 15.6 Å². The van der Waals surface area contributed by atoms with Crippen LogP contribution in [0, 0.1) is 0 Å². The second kappa shape index (κ2) is 8.30. The van der Waals surface area contributed by atoms with Gasteiger partial charge in [-0.25, -0.2) is 9.78 Å². The molecule has 0 spiro atoms. The van der Waals surface area contributed by atoms with E-state index in [0.29, 0.717) is 34.2 Å². The Hall–Kier alpha value is -2.74. The first-order valence-electron chi connectivity index (χ1n) is 8.46. The molecule has 0 unspecified atom stereocenters. The van der Waals surface area contributed by atoms with Crippen molar-refractivity contribution in [2.75, 3.05) is 10.2 Å². The van der Waals surface area contributed by atoms with Crippen molar-refractivity contribution >= 4 is 40.4 Å². The Morgan fingerprint density at radius 1 is 1.22 bits per heavy atom. The molecule has 0 aliphatic heterocycles. The van der Waals surface area contributed by atoms with Crippen molar-refractivity contribution in [3.8, 4) is 0 Å². The molecule has 0 bridgehead atoms. The van der Waals surface area contributed by atoms with Gasteiger partial charge in [0.1, 0.15) is 0 Å². The Balaban J connectivity index is 2.11. The highest BCUT2D eigenvalue weighted by Crippen LogP contribution is 2.26. The summed E-state index contributed by atoms with van der Waals surface area (Å²) in [6, 6.07) is 7.30. The number of amides is 2. The van der Waals surface area contributed by atoms with Gasteiger partial charge in [0.25, 0.3) is 0 Å². The van der Waals surface area contributed by atoms with Crippen LogP contribution in [0.25, 0.3) is 0 Å². The Morgan fingerprint density at radius 2 is 1.85 bits per heavy atom. The average Bonchev–Trinajstić information content (AvgIpc) is 2.93. The largest absolute Gasteiger partial charge is 0.465 e. The van der Waals surface area contributed by atoms with Crippen molar-refractivity contribution in [2.45, 2.75) is 46.1 Å². The van der Waals surface area contributed by atoms with Crippen molar-refractivity contribution < 1.29 is 19.5 Å². The predicted molar refractivity (Wildman–Crippen MR) is 106 cm³/mol. The van der Waals surface area contributed by atoms with Crippen LogP contribution in [0.1, 0.15) is 48.6 Å². The maximum Gasteiger partial charge on any atom is 0.412 e. The predicted octanol–water partition coefficient (Wildman–Crippen LogP) is 3.98. The lowest BCUT2D eigenvalue weighted by molar-refractivity contribution is -0.114. The quantitative estimate of drug-likeness (QED) is 0.728. The Morgan fingerprint density at radius 3 is 2.33 bits per heavy atom. The summed E-state index contributed by atoms with van der Waals surface area (Å²) in [7, 11) is 0. The van der Waals surface area contributed by atoms with E-state index in [4.69, 9.17) is 0 Å². The van der Waals surface area contributed by atoms with Gasteiger partial charge in [0.05, 0.1) is 10.6 Å². The lowest BCUT2D eigenvalue weighted by Crippen LogP contribution is -2.45. The number of aldehydes is 1. The van der Waals surface area contributed by atoms with Crippen LogP contribution < -0.4 is 10.2 Å². The highest BCUT2D eigenvalue weighted by Gasteiger charge is 2.27. The standard InChI is InChI=1S/C19H23N3O4S/c1-12(24)20-17-21-15(16(11-23)27-17)10-7-13-5-8-14(9-6-13)22(18(25)26)19(2,3)4/h5-6,8-9,11H,7,10H2,1-4H3,(H,25,26)(H,20,21,24). The summed E-state index contributed by atoms with van der Waals surface area (Å²) in [5, 5.41) is 12.5. The molecule has 0 radical (unpaired) electrons. The molecule has 2 rings (SSSR count). The number of carbonyl (C=O) groups is 3. The summed E-state index contributed by atoms with van der Waals surface area (Å²) >= 11 is 1.15. The lowest BCUT2D eigenvalue weighted by atomic mass is 10.0. The van der Waals surface area contributed by atoms with Crippen LogP contribution >= 0.6 is 11.3 Å². The number of aryl methyl sites for hydroxylation is 2.